The van der Waals surface area contributed by atoms with Crippen LogP contribution in [0.1, 0.15) is 40.0 Å². The fourth-order valence-corrected chi connectivity index (χ4v) is 3.95. The van der Waals surface area contributed by atoms with E-state index in [1.165, 1.54) is 6.07 Å². The minimum Gasteiger partial charge on any atom is -0.486 e. The van der Waals surface area contributed by atoms with Gasteiger partial charge in [0.25, 0.3) is 11.8 Å². The Hall–Kier alpha value is -2.44. The molecule has 0 aliphatic carbocycles. The number of benzene rings is 2. The first-order valence-corrected chi connectivity index (χ1v) is 10.3. The summed E-state index contributed by atoms with van der Waals surface area (Å²) in [6, 6.07) is 7.96. The summed E-state index contributed by atoms with van der Waals surface area (Å²) in [5, 5.41) is 3.52. The van der Waals surface area contributed by atoms with Gasteiger partial charge in [-0.2, -0.15) is 0 Å². The molecule has 1 saturated heterocycles. The first-order valence-electron chi connectivity index (χ1n) is 9.52. The molecule has 0 saturated carbocycles. The number of piperidine rings is 1. The van der Waals surface area contributed by atoms with Crippen molar-refractivity contribution in [2.75, 3.05) is 31.6 Å². The molecule has 8 heteroatoms. The van der Waals surface area contributed by atoms with Gasteiger partial charge in [0, 0.05) is 23.7 Å². The van der Waals surface area contributed by atoms with Crippen molar-refractivity contribution < 1.29 is 19.1 Å². The molecule has 2 heterocycles. The molecule has 6 nitrogen and oxygen atoms in total. The lowest BCUT2D eigenvalue weighted by atomic mass is 10.1. The van der Waals surface area contributed by atoms with Crippen LogP contribution >= 0.6 is 23.2 Å². The van der Waals surface area contributed by atoms with E-state index in [2.05, 4.69) is 5.32 Å². The number of nitrogens with one attached hydrogen (secondary N) is 1. The van der Waals surface area contributed by atoms with Gasteiger partial charge >= 0.3 is 0 Å². The van der Waals surface area contributed by atoms with Crippen LogP contribution in [0.3, 0.4) is 0 Å². The van der Waals surface area contributed by atoms with Crippen LogP contribution in [0.2, 0.25) is 10.0 Å². The lowest BCUT2D eigenvalue weighted by Crippen LogP contribution is -2.36. The molecule has 0 aromatic heterocycles. The van der Waals surface area contributed by atoms with E-state index < -0.39 is 5.91 Å². The third-order valence-electron chi connectivity index (χ3n) is 4.96. The monoisotopic (exact) mass is 434 g/mol. The highest BCUT2D eigenvalue weighted by atomic mass is 35.5. The second-order valence-corrected chi connectivity index (χ2v) is 7.82. The van der Waals surface area contributed by atoms with Crippen LogP contribution in [-0.2, 0) is 0 Å². The summed E-state index contributed by atoms with van der Waals surface area (Å²) in [7, 11) is 0. The molecule has 2 aliphatic heterocycles. The zero-order valence-electron chi connectivity index (χ0n) is 15.7. The van der Waals surface area contributed by atoms with Crippen molar-refractivity contribution in [3.05, 3.63) is 51.5 Å². The van der Waals surface area contributed by atoms with Crippen LogP contribution in [0.15, 0.2) is 30.3 Å². The second kappa shape index (κ2) is 8.51. The molecule has 1 N–H and O–H groups in total. The fourth-order valence-electron chi connectivity index (χ4n) is 3.51. The van der Waals surface area contributed by atoms with Gasteiger partial charge in [-0.05, 0) is 49.6 Å². The summed E-state index contributed by atoms with van der Waals surface area (Å²) >= 11 is 12.4. The first kappa shape index (κ1) is 19.9. The van der Waals surface area contributed by atoms with Crippen LogP contribution in [0.4, 0.5) is 5.69 Å². The van der Waals surface area contributed by atoms with E-state index in [1.54, 1.807) is 24.3 Å². The van der Waals surface area contributed by atoms with E-state index in [0.29, 0.717) is 64.7 Å². The molecule has 2 aromatic carbocycles. The van der Waals surface area contributed by atoms with Crippen molar-refractivity contribution >= 4 is 40.7 Å². The Morgan fingerprint density at radius 1 is 0.966 bits per heavy atom. The van der Waals surface area contributed by atoms with Crippen molar-refractivity contribution in [3.63, 3.8) is 0 Å². The van der Waals surface area contributed by atoms with E-state index in [4.69, 9.17) is 32.7 Å². The number of anilines is 1. The maximum absolute atomic E-state index is 13.0. The lowest BCUT2D eigenvalue weighted by Gasteiger charge is -2.27. The Kier molecular flexibility index (Phi) is 5.83. The molecular weight excluding hydrogens is 415 g/mol. The van der Waals surface area contributed by atoms with E-state index in [1.807, 2.05) is 4.90 Å². The van der Waals surface area contributed by atoms with Crippen molar-refractivity contribution in [1.82, 2.24) is 4.90 Å². The molecule has 2 aliphatic rings. The lowest BCUT2D eigenvalue weighted by molar-refractivity contribution is 0.0725. The van der Waals surface area contributed by atoms with E-state index in [-0.39, 0.29) is 5.91 Å². The number of ether oxygens (including phenoxy) is 2. The highest BCUT2D eigenvalue weighted by molar-refractivity contribution is 6.33. The zero-order chi connectivity index (χ0) is 20.4. The third-order valence-corrected chi connectivity index (χ3v) is 5.48. The maximum atomic E-state index is 13.0. The van der Waals surface area contributed by atoms with Crippen molar-refractivity contribution in [1.29, 1.82) is 0 Å². The Balaban J connectivity index is 1.60. The highest BCUT2D eigenvalue weighted by Gasteiger charge is 2.23. The zero-order valence-corrected chi connectivity index (χ0v) is 17.2. The predicted molar refractivity (Wildman–Crippen MR) is 112 cm³/mol. The van der Waals surface area contributed by atoms with Gasteiger partial charge in [0.2, 0.25) is 0 Å². The minimum atomic E-state index is -0.418. The molecule has 0 unspecified atom stereocenters. The summed E-state index contributed by atoms with van der Waals surface area (Å²) < 4.78 is 11.0. The molecule has 0 spiro atoms. The Labute approximate surface area is 178 Å². The van der Waals surface area contributed by atoms with Gasteiger partial charge in [-0.15, -0.1) is 0 Å². The number of amides is 2. The fraction of sp³-hybridized carbons (Fsp3) is 0.333. The summed E-state index contributed by atoms with van der Waals surface area (Å²) in [6.45, 7) is 2.22. The second-order valence-electron chi connectivity index (χ2n) is 6.98. The Morgan fingerprint density at radius 2 is 1.72 bits per heavy atom. The molecule has 1 fully saturated rings. The topological polar surface area (TPSA) is 67.9 Å². The number of hydrogen-bond acceptors (Lipinski definition) is 4. The van der Waals surface area contributed by atoms with Gasteiger partial charge in [-0.1, -0.05) is 23.2 Å². The molecule has 0 atom stereocenters. The molecule has 2 aromatic rings. The largest absolute Gasteiger partial charge is 0.486 e. The number of likely N-dealkylation sites (tertiary alicyclic amines) is 1. The molecule has 29 heavy (non-hydrogen) atoms. The van der Waals surface area contributed by atoms with Gasteiger partial charge in [-0.3, -0.25) is 9.59 Å². The number of fused-ring (bicyclic) bond motifs is 1. The summed E-state index contributed by atoms with van der Waals surface area (Å²) in [5.74, 6) is 0.318. The Morgan fingerprint density at radius 3 is 2.52 bits per heavy atom. The summed E-state index contributed by atoms with van der Waals surface area (Å²) in [4.78, 5) is 27.7. The molecule has 4 rings (SSSR count). The molecule has 0 radical (unpaired) electrons. The molecular formula is C21H20Cl2N2O4. The van der Waals surface area contributed by atoms with Crippen molar-refractivity contribution in [2.24, 2.45) is 0 Å². The average molecular weight is 435 g/mol. The van der Waals surface area contributed by atoms with E-state index in [9.17, 15) is 9.59 Å². The van der Waals surface area contributed by atoms with Crippen LogP contribution in [0, 0.1) is 0 Å². The van der Waals surface area contributed by atoms with Crippen LogP contribution in [-0.4, -0.2) is 43.0 Å². The normalized spacial score (nSPS) is 15.7. The van der Waals surface area contributed by atoms with Crippen LogP contribution in [0.5, 0.6) is 11.5 Å². The number of nitrogens with zero attached hydrogens (tertiary/aromatic N) is 1. The molecule has 0 bridgehead atoms. The van der Waals surface area contributed by atoms with Crippen LogP contribution in [0.25, 0.3) is 0 Å². The predicted octanol–water partition coefficient (Wildman–Crippen LogP) is 4.64. The number of halogens is 2. The van der Waals surface area contributed by atoms with Gasteiger partial charge < -0.3 is 19.7 Å². The molecule has 2 amide bonds. The van der Waals surface area contributed by atoms with Gasteiger partial charge in [0.15, 0.2) is 11.5 Å². The van der Waals surface area contributed by atoms with Crippen LogP contribution < -0.4 is 14.8 Å². The number of carbonyl (C=O) groups excluding carboxylic acids is 2. The van der Waals surface area contributed by atoms with Gasteiger partial charge in [0.05, 0.1) is 16.3 Å². The smallest absolute Gasteiger partial charge is 0.255 e. The third kappa shape index (κ3) is 4.28. The standard InChI is InChI=1S/C21H20Cl2N2O4/c22-14-4-5-15(21(27)25-6-2-1-3-7-25)17(12-14)24-20(26)13-10-16(23)19-18(11-13)28-8-9-29-19/h4-5,10-12H,1-3,6-9H2,(H,24,26). The number of hydrogen-bond donors (Lipinski definition) is 1. The quantitative estimate of drug-likeness (QED) is 0.763. The number of carbonyl (C=O) groups is 2. The van der Waals surface area contributed by atoms with Crippen molar-refractivity contribution in [2.45, 2.75) is 19.3 Å². The number of rotatable bonds is 3. The SMILES string of the molecule is O=C(Nc1cc(Cl)ccc1C(=O)N1CCCCC1)c1cc(Cl)c2c(c1)OCCO2. The van der Waals surface area contributed by atoms with Gasteiger partial charge in [-0.25, -0.2) is 0 Å². The highest BCUT2D eigenvalue weighted by Crippen LogP contribution is 2.38. The maximum Gasteiger partial charge on any atom is 0.255 e. The Bertz CT molecular complexity index is 958. The van der Waals surface area contributed by atoms with Crippen molar-refractivity contribution in [3.8, 4) is 11.5 Å². The van der Waals surface area contributed by atoms with E-state index >= 15 is 0 Å². The first-order chi connectivity index (χ1) is 14.0. The summed E-state index contributed by atoms with van der Waals surface area (Å²) in [5.41, 5.74) is 1.08. The van der Waals surface area contributed by atoms with E-state index in [0.717, 1.165) is 19.3 Å². The molecule has 152 valence electrons. The van der Waals surface area contributed by atoms with Gasteiger partial charge in [0.1, 0.15) is 13.2 Å². The summed E-state index contributed by atoms with van der Waals surface area (Å²) in [6.07, 6.45) is 3.09. The average Bonchev–Trinajstić information content (AvgIpc) is 2.74. The minimum absolute atomic E-state index is 0.114.